The Bertz CT molecular complexity index is 917. The summed E-state index contributed by atoms with van der Waals surface area (Å²) in [6, 6.07) is 16.3. The lowest BCUT2D eigenvalue weighted by atomic mass is 9.90. The lowest BCUT2D eigenvalue weighted by Gasteiger charge is -2.21. The van der Waals surface area contributed by atoms with Crippen LogP contribution in [0.3, 0.4) is 0 Å². The van der Waals surface area contributed by atoms with Crippen LogP contribution < -0.4 is 4.90 Å². The smallest absolute Gasteiger partial charge is 0.237 e. The molecule has 0 N–H and O–H groups in total. The van der Waals surface area contributed by atoms with E-state index in [2.05, 4.69) is 23.2 Å². The third-order valence-electron chi connectivity index (χ3n) is 4.83. The van der Waals surface area contributed by atoms with Crippen molar-refractivity contribution in [2.24, 2.45) is 0 Å². The van der Waals surface area contributed by atoms with Crippen LogP contribution in [0.25, 0.3) is 0 Å². The van der Waals surface area contributed by atoms with Gasteiger partial charge in [-0.1, -0.05) is 36.4 Å². The van der Waals surface area contributed by atoms with Crippen LogP contribution in [0.5, 0.6) is 0 Å². The van der Waals surface area contributed by atoms with Gasteiger partial charge in [0.05, 0.1) is 17.8 Å². The van der Waals surface area contributed by atoms with E-state index >= 15 is 0 Å². The van der Waals surface area contributed by atoms with E-state index in [4.69, 9.17) is 0 Å². The number of thiazole rings is 1. The molecule has 0 spiro atoms. The van der Waals surface area contributed by atoms with Gasteiger partial charge >= 0.3 is 0 Å². The molecule has 0 atom stereocenters. The molecule has 1 amide bonds. The SMILES string of the molecule is Cc1csc(N(C(=O)Cc2ccc3c(c2)CCCC3)c2ccccc2)n1. The molecule has 132 valence electrons. The molecule has 0 aliphatic heterocycles. The Balaban J connectivity index is 1.63. The highest BCUT2D eigenvalue weighted by molar-refractivity contribution is 7.14. The van der Waals surface area contributed by atoms with Crippen molar-refractivity contribution in [3.8, 4) is 0 Å². The van der Waals surface area contributed by atoms with Crippen LogP contribution >= 0.6 is 11.3 Å². The summed E-state index contributed by atoms with van der Waals surface area (Å²) in [5, 5.41) is 2.72. The summed E-state index contributed by atoms with van der Waals surface area (Å²) in [5.74, 6) is 0.0568. The van der Waals surface area contributed by atoms with Crippen LogP contribution in [0.15, 0.2) is 53.9 Å². The van der Waals surface area contributed by atoms with Gasteiger partial charge in [-0.3, -0.25) is 9.69 Å². The maximum absolute atomic E-state index is 13.2. The zero-order chi connectivity index (χ0) is 17.9. The number of para-hydroxylation sites is 1. The van der Waals surface area contributed by atoms with E-state index in [1.54, 1.807) is 4.90 Å². The van der Waals surface area contributed by atoms with Crippen molar-refractivity contribution in [1.82, 2.24) is 4.98 Å². The topological polar surface area (TPSA) is 33.2 Å². The van der Waals surface area contributed by atoms with Crippen molar-refractivity contribution in [3.63, 3.8) is 0 Å². The number of aryl methyl sites for hydroxylation is 3. The molecule has 4 heteroatoms. The predicted octanol–water partition coefficient (Wildman–Crippen LogP) is 5.24. The molecule has 0 saturated carbocycles. The monoisotopic (exact) mass is 362 g/mol. The summed E-state index contributed by atoms with van der Waals surface area (Å²) < 4.78 is 0. The number of amides is 1. The van der Waals surface area contributed by atoms with Crippen molar-refractivity contribution in [2.45, 2.75) is 39.0 Å². The zero-order valence-corrected chi connectivity index (χ0v) is 15.8. The lowest BCUT2D eigenvalue weighted by molar-refractivity contribution is -0.117. The quantitative estimate of drug-likeness (QED) is 0.636. The van der Waals surface area contributed by atoms with Crippen molar-refractivity contribution in [3.05, 3.63) is 76.3 Å². The molecule has 3 aromatic rings. The second-order valence-corrected chi connectivity index (χ2v) is 7.66. The number of hydrogen-bond acceptors (Lipinski definition) is 3. The molecule has 0 fully saturated rings. The van der Waals surface area contributed by atoms with Gasteiger partial charge < -0.3 is 0 Å². The number of benzene rings is 2. The molecule has 4 rings (SSSR count). The summed E-state index contributed by atoms with van der Waals surface area (Å²) in [6.07, 6.45) is 5.21. The fourth-order valence-electron chi connectivity index (χ4n) is 3.53. The van der Waals surface area contributed by atoms with Crippen LogP contribution in [0.1, 0.15) is 35.2 Å². The average Bonchev–Trinajstić information content (AvgIpc) is 3.08. The largest absolute Gasteiger partial charge is 0.274 e. The minimum absolute atomic E-state index is 0.0568. The Morgan fingerprint density at radius 3 is 2.58 bits per heavy atom. The van der Waals surface area contributed by atoms with E-state index in [0.29, 0.717) is 6.42 Å². The van der Waals surface area contributed by atoms with Gasteiger partial charge in [-0.15, -0.1) is 11.3 Å². The van der Waals surface area contributed by atoms with Crippen LogP contribution in [0.2, 0.25) is 0 Å². The third kappa shape index (κ3) is 3.56. The van der Waals surface area contributed by atoms with Gasteiger partial charge in [0.1, 0.15) is 0 Å². The molecule has 0 saturated heterocycles. The number of aromatic nitrogens is 1. The fraction of sp³-hybridized carbons (Fsp3) is 0.273. The number of carbonyl (C=O) groups is 1. The summed E-state index contributed by atoms with van der Waals surface area (Å²) >= 11 is 1.51. The number of anilines is 2. The first-order chi connectivity index (χ1) is 12.7. The number of fused-ring (bicyclic) bond motifs is 1. The van der Waals surface area contributed by atoms with Gasteiger partial charge in [0.25, 0.3) is 0 Å². The highest BCUT2D eigenvalue weighted by atomic mass is 32.1. The maximum atomic E-state index is 13.2. The van der Waals surface area contributed by atoms with Gasteiger partial charge in [0.2, 0.25) is 5.91 Å². The maximum Gasteiger partial charge on any atom is 0.237 e. The molecule has 1 heterocycles. The Hall–Kier alpha value is -2.46. The first-order valence-corrected chi connectivity index (χ1v) is 9.99. The van der Waals surface area contributed by atoms with E-state index in [-0.39, 0.29) is 5.91 Å². The Kier molecular flexibility index (Phi) is 4.85. The Morgan fingerprint density at radius 1 is 1.08 bits per heavy atom. The first-order valence-electron chi connectivity index (χ1n) is 9.11. The molecule has 1 aromatic heterocycles. The molecule has 0 bridgehead atoms. The normalized spacial score (nSPS) is 13.3. The van der Waals surface area contributed by atoms with Crippen LogP contribution in [-0.2, 0) is 24.1 Å². The third-order valence-corrected chi connectivity index (χ3v) is 5.77. The molecule has 26 heavy (non-hydrogen) atoms. The Morgan fingerprint density at radius 2 is 1.85 bits per heavy atom. The number of rotatable bonds is 4. The molecule has 0 radical (unpaired) electrons. The molecular formula is C22H22N2OS. The van der Waals surface area contributed by atoms with Gasteiger partial charge in [-0.05, 0) is 61.4 Å². The standard InChI is InChI=1S/C22H22N2OS/c1-16-15-26-22(23-16)24(20-9-3-2-4-10-20)21(25)14-17-11-12-18-7-5-6-8-19(18)13-17/h2-4,9-13,15H,5-8,14H2,1H3. The van der Waals surface area contributed by atoms with Gasteiger partial charge in [0, 0.05) is 5.38 Å². The predicted molar refractivity (Wildman–Crippen MR) is 107 cm³/mol. The second kappa shape index (κ2) is 7.42. The van der Waals surface area contributed by atoms with Crippen LogP contribution in [0.4, 0.5) is 10.8 Å². The minimum atomic E-state index is 0.0568. The van der Waals surface area contributed by atoms with Gasteiger partial charge in [-0.2, -0.15) is 0 Å². The molecule has 1 aliphatic carbocycles. The first kappa shape index (κ1) is 17.0. The van der Waals surface area contributed by atoms with Crippen molar-refractivity contribution < 1.29 is 4.79 Å². The Labute approximate surface area is 158 Å². The molecule has 0 unspecified atom stereocenters. The van der Waals surface area contributed by atoms with Gasteiger partial charge in [0.15, 0.2) is 5.13 Å². The van der Waals surface area contributed by atoms with E-state index in [0.717, 1.165) is 34.9 Å². The average molecular weight is 362 g/mol. The van der Waals surface area contributed by atoms with Crippen LogP contribution in [-0.4, -0.2) is 10.9 Å². The number of hydrogen-bond donors (Lipinski definition) is 0. The lowest BCUT2D eigenvalue weighted by Crippen LogP contribution is -2.27. The molecule has 2 aromatic carbocycles. The van der Waals surface area contributed by atoms with Crippen molar-refractivity contribution >= 4 is 28.1 Å². The molecule has 1 aliphatic rings. The van der Waals surface area contributed by atoms with Crippen molar-refractivity contribution in [1.29, 1.82) is 0 Å². The van der Waals surface area contributed by atoms with Gasteiger partial charge in [-0.25, -0.2) is 4.98 Å². The molecular weight excluding hydrogens is 340 g/mol. The van der Waals surface area contributed by atoms with E-state index in [1.165, 1.54) is 35.3 Å². The highest BCUT2D eigenvalue weighted by Crippen LogP contribution is 2.30. The van der Waals surface area contributed by atoms with Crippen molar-refractivity contribution in [2.75, 3.05) is 4.90 Å². The van der Waals surface area contributed by atoms with E-state index in [1.807, 2.05) is 42.6 Å². The number of carbonyl (C=O) groups excluding carboxylic acids is 1. The van der Waals surface area contributed by atoms with E-state index in [9.17, 15) is 4.79 Å². The summed E-state index contributed by atoms with van der Waals surface area (Å²) in [5.41, 5.74) is 5.75. The molecule has 3 nitrogen and oxygen atoms in total. The second-order valence-electron chi connectivity index (χ2n) is 6.82. The zero-order valence-electron chi connectivity index (χ0n) is 14.9. The summed E-state index contributed by atoms with van der Waals surface area (Å²) in [6.45, 7) is 1.96. The summed E-state index contributed by atoms with van der Waals surface area (Å²) in [7, 11) is 0. The van der Waals surface area contributed by atoms with E-state index < -0.39 is 0 Å². The van der Waals surface area contributed by atoms with Crippen LogP contribution in [0, 0.1) is 6.92 Å². The summed E-state index contributed by atoms with van der Waals surface area (Å²) in [4.78, 5) is 19.5. The minimum Gasteiger partial charge on any atom is -0.274 e. The number of nitrogens with zero attached hydrogens (tertiary/aromatic N) is 2. The fourth-order valence-corrected chi connectivity index (χ4v) is 4.37. The highest BCUT2D eigenvalue weighted by Gasteiger charge is 2.21.